The highest BCUT2D eigenvalue weighted by Crippen LogP contribution is 2.11. The summed E-state index contributed by atoms with van der Waals surface area (Å²) < 4.78 is 0. The first kappa shape index (κ1) is 18.6. The van der Waals surface area contributed by atoms with E-state index >= 15 is 0 Å². The number of tetrazole rings is 1. The lowest BCUT2D eigenvalue weighted by molar-refractivity contribution is -0.137. The van der Waals surface area contributed by atoms with Crippen molar-refractivity contribution in [1.82, 2.24) is 30.4 Å². The first-order valence-corrected chi connectivity index (χ1v) is 8.20. The topological polar surface area (TPSA) is 93.0 Å². The van der Waals surface area contributed by atoms with Crippen molar-refractivity contribution in [3.05, 3.63) is 30.3 Å². The molecule has 0 fully saturated rings. The van der Waals surface area contributed by atoms with Gasteiger partial charge in [0.2, 0.25) is 17.6 Å². The van der Waals surface area contributed by atoms with E-state index in [0.717, 1.165) is 5.56 Å². The number of nitrogens with zero attached hydrogens (tertiary/aromatic N) is 5. The van der Waals surface area contributed by atoms with E-state index in [9.17, 15) is 9.59 Å². The van der Waals surface area contributed by atoms with E-state index in [2.05, 4.69) is 20.7 Å². The summed E-state index contributed by atoms with van der Waals surface area (Å²) >= 11 is 0. The van der Waals surface area contributed by atoms with Crippen molar-refractivity contribution in [3.63, 3.8) is 0 Å². The van der Waals surface area contributed by atoms with E-state index in [4.69, 9.17) is 0 Å². The molecule has 8 nitrogen and oxygen atoms in total. The lowest BCUT2D eigenvalue weighted by atomic mass is 10.1. The van der Waals surface area contributed by atoms with E-state index in [1.165, 1.54) is 9.70 Å². The molecule has 0 atom stereocenters. The van der Waals surface area contributed by atoms with Crippen LogP contribution < -0.4 is 5.32 Å². The molecule has 0 unspecified atom stereocenters. The third-order valence-corrected chi connectivity index (χ3v) is 3.34. The Hall–Kier alpha value is -2.77. The Morgan fingerprint density at radius 3 is 2.48 bits per heavy atom. The lowest BCUT2D eigenvalue weighted by Crippen LogP contribution is -2.47. The average molecular weight is 344 g/mol. The van der Waals surface area contributed by atoms with E-state index in [-0.39, 0.29) is 30.4 Å². The second-order valence-electron chi connectivity index (χ2n) is 6.72. The van der Waals surface area contributed by atoms with Gasteiger partial charge in [0.15, 0.2) is 0 Å². The Morgan fingerprint density at radius 1 is 1.20 bits per heavy atom. The summed E-state index contributed by atoms with van der Waals surface area (Å²) in [4.78, 5) is 27.1. The first-order chi connectivity index (χ1) is 11.8. The van der Waals surface area contributed by atoms with Crippen molar-refractivity contribution in [2.24, 2.45) is 0 Å². The molecule has 25 heavy (non-hydrogen) atoms. The maximum atomic E-state index is 12.4. The van der Waals surface area contributed by atoms with Gasteiger partial charge in [-0.15, -0.1) is 10.2 Å². The number of nitrogens with one attached hydrogen (secondary N) is 1. The number of likely N-dealkylation sites (N-methyl/N-ethyl adjacent to an activating group) is 1. The fraction of sp³-hybridized carbons (Fsp3) is 0.471. The lowest BCUT2D eigenvalue weighted by Gasteiger charge is -2.24. The Labute approximate surface area is 147 Å². The highest BCUT2D eigenvalue weighted by atomic mass is 16.2. The van der Waals surface area contributed by atoms with Crippen molar-refractivity contribution in [2.45, 2.75) is 39.8 Å². The van der Waals surface area contributed by atoms with Crippen LogP contribution in [0.25, 0.3) is 11.4 Å². The van der Waals surface area contributed by atoms with E-state index in [1.54, 1.807) is 0 Å². The summed E-state index contributed by atoms with van der Waals surface area (Å²) in [6.07, 6.45) is 0. The number of hydrogen-bond acceptors (Lipinski definition) is 5. The van der Waals surface area contributed by atoms with Gasteiger partial charge >= 0.3 is 0 Å². The molecule has 0 saturated heterocycles. The number of amides is 2. The van der Waals surface area contributed by atoms with Crippen LogP contribution in [-0.2, 0) is 16.1 Å². The molecule has 0 aliphatic heterocycles. The molecule has 2 amide bonds. The van der Waals surface area contributed by atoms with Crippen LogP contribution in [0.2, 0.25) is 0 Å². The van der Waals surface area contributed by atoms with Crippen LogP contribution in [0.15, 0.2) is 30.3 Å². The molecule has 0 saturated carbocycles. The van der Waals surface area contributed by atoms with Gasteiger partial charge in [0.05, 0.1) is 6.54 Å². The minimum atomic E-state index is -0.336. The van der Waals surface area contributed by atoms with Crippen LogP contribution in [0.1, 0.15) is 27.7 Å². The second-order valence-corrected chi connectivity index (χ2v) is 6.72. The van der Waals surface area contributed by atoms with Crippen LogP contribution in [0.3, 0.4) is 0 Å². The molecule has 0 bridgehead atoms. The molecule has 8 heteroatoms. The van der Waals surface area contributed by atoms with E-state index in [1.807, 2.05) is 58.0 Å². The standard InChI is InChI=1S/C17H24N6O2/c1-5-22(11-14(24)18-17(2,3)4)15(25)12-23-20-16(19-21-23)13-9-7-6-8-10-13/h6-10H,5,11-12H2,1-4H3,(H,18,24). The smallest absolute Gasteiger partial charge is 0.246 e. The monoisotopic (exact) mass is 344 g/mol. The number of benzene rings is 1. The second kappa shape index (κ2) is 7.87. The quantitative estimate of drug-likeness (QED) is 0.847. The summed E-state index contributed by atoms with van der Waals surface area (Å²) in [5, 5.41) is 14.9. The highest BCUT2D eigenvalue weighted by molar-refractivity contribution is 5.85. The molecular formula is C17H24N6O2. The maximum absolute atomic E-state index is 12.4. The zero-order valence-electron chi connectivity index (χ0n) is 15.1. The third kappa shape index (κ3) is 5.66. The van der Waals surface area contributed by atoms with Crippen molar-refractivity contribution in [3.8, 4) is 11.4 Å². The predicted molar refractivity (Wildman–Crippen MR) is 93.4 cm³/mol. The van der Waals surface area contributed by atoms with Gasteiger partial charge in [-0.3, -0.25) is 9.59 Å². The number of aromatic nitrogens is 4. The van der Waals surface area contributed by atoms with Gasteiger partial charge in [-0.05, 0) is 32.9 Å². The fourth-order valence-corrected chi connectivity index (χ4v) is 2.24. The molecule has 1 aromatic heterocycles. The minimum absolute atomic E-state index is 0.00679. The molecule has 2 aromatic rings. The summed E-state index contributed by atoms with van der Waals surface area (Å²) in [7, 11) is 0. The van der Waals surface area contributed by atoms with Crippen LogP contribution in [0.5, 0.6) is 0 Å². The van der Waals surface area contributed by atoms with Gasteiger partial charge in [-0.2, -0.15) is 4.80 Å². The van der Waals surface area contributed by atoms with Gasteiger partial charge in [0, 0.05) is 17.6 Å². The van der Waals surface area contributed by atoms with Gasteiger partial charge in [-0.25, -0.2) is 0 Å². The molecule has 1 heterocycles. The van der Waals surface area contributed by atoms with Gasteiger partial charge in [0.25, 0.3) is 0 Å². The van der Waals surface area contributed by atoms with Crippen LogP contribution in [0, 0.1) is 0 Å². The van der Waals surface area contributed by atoms with Crippen LogP contribution >= 0.6 is 0 Å². The first-order valence-electron chi connectivity index (χ1n) is 8.20. The molecule has 0 aliphatic carbocycles. The molecule has 134 valence electrons. The van der Waals surface area contributed by atoms with Crippen molar-refractivity contribution >= 4 is 11.8 Å². The van der Waals surface area contributed by atoms with Crippen LogP contribution in [0.4, 0.5) is 0 Å². The minimum Gasteiger partial charge on any atom is -0.350 e. The molecular weight excluding hydrogens is 320 g/mol. The predicted octanol–water partition coefficient (Wildman–Crippen LogP) is 1.10. The largest absolute Gasteiger partial charge is 0.350 e. The van der Waals surface area contributed by atoms with Gasteiger partial charge in [-0.1, -0.05) is 30.3 Å². The summed E-state index contributed by atoms with van der Waals surface area (Å²) in [6, 6.07) is 9.41. The van der Waals surface area contributed by atoms with Crippen molar-refractivity contribution < 1.29 is 9.59 Å². The average Bonchev–Trinajstić information content (AvgIpc) is 3.00. The molecule has 1 aromatic carbocycles. The van der Waals surface area contributed by atoms with Gasteiger partial charge < -0.3 is 10.2 Å². The Morgan fingerprint density at radius 2 is 1.88 bits per heavy atom. The number of rotatable bonds is 6. The van der Waals surface area contributed by atoms with Crippen LogP contribution in [-0.4, -0.2) is 55.5 Å². The summed E-state index contributed by atoms with van der Waals surface area (Å²) in [5.74, 6) is 0.0321. The number of carbonyl (C=O) groups excluding carboxylic acids is 2. The molecule has 0 aliphatic rings. The van der Waals surface area contributed by atoms with E-state index in [0.29, 0.717) is 12.4 Å². The third-order valence-electron chi connectivity index (χ3n) is 3.34. The normalized spacial score (nSPS) is 11.2. The van der Waals surface area contributed by atoms with Crippen molar-refractivity contribution in [1.29, 1.82) is 0 Å². The highest BCUT2D eigenvalue weighted by Gasteiger charge is 2.20. The van der Waals surface area contributed by atoms with Crippen molar-refractivity contribution in [2.75, 3.05) is 13.1 Å². The fourth-order valence-electron chi connectivity index (χ4n) is 2.24. The Kier molecular flexibility index (Phi) is 5.84. The van der Waals surface area contributed by atoms with Gasteiger partial charge in [0.1, 0.15) is 6.54 Å². The Balaban J connectivity index is 1.98. The molecule has 0 radical (unpaired) electrons. The number of hydrogen-bond donors (Lipinski definition) is 1. The zero-order chi connectivity index (χ0) is 18.4. The number of carbonyl (C=O) groups is 2. The maximum Gasteiger partial charge on any atom is 0.246 e. The SMILES string of the molecule is CCN(CC(=O)NC(C)(C)C)C(=O)Cn1nnc(-c2ccccc2)n1. The zero-order valence-corrected chi connectivity index (χ0v) is 15.1. The Bertz CT molecular complexity index is 720. The molecule has 1 N–H and O–H groups in total. The summed E-state index contributed by atoms with van der Waals surface area (Å²) in [6.45, 7) is 7.89. The van der Waals surface area contributed by atoms with E-state index < -0.39 is 0 Å². The molecule has 0 spiro atoms. The molecule has 2 rings (SSSR count). The summed E-state index contributed by atoms with van der Waals surface area (Å²) in [5.41, 5.74) is 0.496.